The summed E-state index contributed by atoms with van der Waals surface area (Å²) in [6.07, 6.45) is 1.66. The minimum atomic E-state index is -0.690. The molecule has 0 radical (unpaired) electrons. The van der Waals surface area contributed by atoms with Gasteiger partial charge in [-0.1, -0.05) is 25.5 Å². The Labute approximate surface area is 114 Å². The van der Waals surface area contributed by atoms with E-state index in [1.165, 1.54) is 0 Å². The van der Waals surface area contributed by atoms with E-state index in [9.17, 15) is 9.90 Å². The highest BCUT2D eigenvalue weighted by molar-refractivity contribution is 5.97. The molecule has 4 nitrogen and oxygen atoms in total. The molecule has 1 amide bonds. The van der Waals surface area contributed by atoms with Crippen LogP contribution >= 0.6 is 0 Å². The first-order valence-corrected chi connectivity index (χ1v) is 6.83. The van der Waals surface area contributed by atoms with Gasteiger partial charge in [0.25, 0.3) is 5.91 Å². The summed E-state index contributed by atoms with van der Waals surface area (Å²) >= 11 is 0. The molecule has 1 fully saturated rings. The number of rotatable bonds is 5. The number of carbonyl (C=O) groups is 1. The first-order valence-electron chi connectivity index (χ1n) is 6.83. The second kappa shape index (κ2) is 5.61. The lowest BCUT2D eigenvalue weighted by atomic mass is 9.88. The zero-order valence-corrected chi connectivity index (χ0v) is 11.6. The van der Waals surface area contributed by atoms with Crippen molar-refractivity contribution in [2.75, 3.05) is 19.7 Å². The molecule has 0 spiro atoms. The quantitative estimate of drug-likeness (QED) is 0.884. The van der Waals surface area contributed by atoms with Crippen LogP contribution in [-0.4, -0.2) is 41.2 Å². The van der Waals surface area contributed by atoms with Gasteiger partial charge in [-0.2, -0.15) is 0 Å². The topological polar surface area (TPSA) is 49.8 Å². The summed E-state index contributed by atoms with van der Waals surface area (Å²) in [7, 11) is 0. The highest BCUT2D eigenvalue weighted by atomic mass is 16.5. The van der Waals surface area contributed by atoms with Crippen molar-refractivity contribution in [3.63, 3.8) is 0 Å². The number of ether oxygens (including phenoxy) is 1. The maximum Gasteiger partial charge on any atom is 0.257 e. The molecule has 0 aromatic heterocycles. The standard InChI is InChI=1S/C15H21NO3/c1-3-9-15(18)10-16(11-15)14(17)12-7-5-6-8-13(12)19-4-2/h5-8,18H,3-4,9-11H2,1-2H3. The van der Waals surface area contributed by atoms with Crippen LogP contribution in [0.3, 0.4) is 0 Å². The molecule has 1 aliphatic heterocycles. The second-order valence-corrected chi connectivity index (χ2v) is 5.06. The summed E-state index contributed by atoms with van der Waals surface area (Å²) in [6.45, 7) is 5.29. The highest BCUT2D eigenvalue weighted by Gasteiger charge is 2.43. The monoisotopic (exact) mass is 263 g/mol. The number of benzene rings is 1. The molecule has 1 N–H and O–H groups in total. The summed E-state index contributed by atoms with van der Waals surface area (Å²) in [5, 5.41) is 10.1. The van der Waals surface area contributed by atoms with Gasteiger partial charge in [0.2, 0.25) is 0 Å². The van der Waals surface area contributed by atoms with E-state index in [1.54, 1.807) is 17.0 Å². The molecular formula is C15H21NO3. The van der Waals surface area contributed by atoms with Crippen molar-refractivity contribution in [2.45, 2.75) is 32.3 Å². The van der Waals surface area contributed by atoms with Crippen molar-refractivity contribution >= 4 is 5.91 Å². The van der Waals surface area contributed by atoms with Crippen LogP contribution in [0, 0.1) is 0 Å². The van der Waals surface area contributed by atoms with Crippen molar-refractivity contribution < 1.29 is 14.6 Å². The Morgan fingerprint density at radius 3 is 2.68 bits per heavy atom. The minimum absolute atomic E-state index is 0.0650. The molecule has 1 aromatic rings. The number of β-amino-alcohol motifs (C(OH)–C–C–N with tert-alkyl or cyclic N) is 1. The zero-order valence-electron chi connectivity index (χ0n) is 11.6. The molecule has 19 heavy (non-hydrogen) atoms. The Morgan fingerprint density at radius 1 is 1.37 bits per heavy atom. The highest BCUT2D eigenvalue weighted by Crippen LogP contribution is 2.29. The minimum Gasteiger partial charge on any atom is -0.493 e. The predicted octanol–water partition coefficient (Wildman–Crippen LogP) is 2.07. The number of aliphatic hydroxyl groups is 1. The van der Waals surface area contributed by atoms with Gasteiger partial charge < -0.3 is 14.7 Å². The fourth-order valence-electron chi connectivity index (χ4n) is 2.53. The van der Waals surface area contributed by atoms with Crippen molar-refractivity contribution in [3.8, 4) is 5.75 Å². The Hall–Kier alpha value is -1.55. The summed E-state index contributed by atoms with van der Waals surface area (Å²) in [4.78, 5) is 14.0. The van der Waals surface area contributed by atoms with E-state index in [0.717, 1.165) is 12.8 Å². The number of nitrogens with zero attached hydrogens (tertiary/aromatic N) is 1. The van der Waals surface area contributed by atoms with Crippen LogP contribution in [0.2, 0.25) is 0 Å². The van der Waals surface area contributed by atoms with Crippen molar-refractivity contribution in [1.82, 2.24) is 4.90 Å². The summed E-state index contributed by atoms with van der Waals surface area (Å²) in [5.41, 5.74) is -0.117. The van der Waals surface area contributed by atoms with Crippen LogP contribution in [0.5, 0.6) is 5.75 Å². The predicted molar refractivity (Wildman–Crippen MR) is 73.4 cm³/mol. The van der Waals surface area contributed by atoms with E-state index in [4.69, 9.17) is 4.74 Å². The third-order valence-corrected chi connectivity index (χ3v) is 3.39. The van der Waals surface area contributed by atoms with E-state index in [2.05, 4.69) is 0 Å². The zero-order chi connectivity index (χ0) is 13.9. The number of amides is 1. The molecule has 1 saturated heterocycles. The smallest absolute Gasteiger partial charge is 0.257 e. The third kappa shape index (κ3) is 2.89. The van der Waals surface area contributed by atoms with Gasteiger partial charge in [-0.3, -0.25) is 4.79 Å². The first kappa shape index (κ1) is 13.9. The van der Waals surface area contributed by atoms with Gasteiger partial charge in [0.15, 0.2) is 0 Å². The molecule has 0 bridgehead atoms. The average Bonchev–Trinajstić information content (AvgIpc) is 2.36. The van der Waals surface area contributed by atoms with Gasteiger partial charge >= 0.3 is 0 Å². The van der Waals surface area contributed by atoms with Gasteiger partial charge in [0, 0.05) is 0 Å². The molecule has 1 heterocycles. The van der Waals surface area contributed by atoms with Gasteiger partial charge in [0.05, 0.1) is 30.9 Å². The van der Waals surface area contributed by atoms with E-state index < -0.39 is 5.60 Å². The molecule has 0 unspecified atom stereocenters. The second-order valence-electron chi connectivity index (χ2n) is 5.06. The number of carbonyl (C=O) groups excluding carboxylic acids is 1. The van der Waals surface area contributed by atoms with Crippen LogP contribution in [0.4, 0.5) is 0 Å². The third-order valence-electron chi connectivity index (χ3n) is 3.39. The van der Waals surface area contributed by atoms with Crippen molar-refractivity contribution in [3.05, 3.63) is 29.8 Å². The number of para-hydroxylation sites is 1. The van der Waals surface area contributed by atoms with Gasteiger partial charge in [0.1, 0.15) is 5.75 Å². The van der Waals surface area contributed by atoms with E-state index in [-0.39, 0.29) is 5.91 Å². The molecular weight excluding hydrogens is 242 g/mol. The fraction of sp³-hybridized carbons (Fsp3) is 0.533. The maximum atomic E-state index is 12.3. The molecule has 0 aliphatic carbocycles. The molecule has 4 heteroatoms. The van der Waals surface area contributed by atoms with Gasteiger partial charge in [-0.15, -0.1) is 0 Å². The Bertz CT molecular complexity index is 452. The molecule has 0 saturated carbocycles. The molecule has 0 atom stereocenters. The molecule has 1 aromatic carbocycles. The van der Waals surface area contributed by atoms with Crippen molar-refractivity contribution in [1.29, 1.82) is 0 Å². The first-order chi connectivity index (χ1) is 9.09. The number of hydrogen-bond donors (Lipinski definition) is 1. The average molecular weight is 263 g/mol. The summed E-state index contributed by atoms with van der Waals surface area (Å²) < 4.78 is 5.47. The SMILES string of the molecule is CCCC1(O)CN(C(=O)c2ccccc2OCC)C1. The van der Waals surface area contributed by atoms with Crippen LogP contribution < -0.4 is 4.74 Å². The lowest BCUT2D eigenvalue weighted by Crippen LogP contribution is -2.63. The number of likely N-dealkylation sites (tertiary alicyclic amines) is 1. The maximum absolute atomic E-state index is 12.3. The Kier molecular flexibility index (Phi) is 4.10. The van der Waals surface area contributed by atoms with E-state index in [1.807, 2.05) is 26.0 Å². The van der Waals surface area contributed by atoms with Gasteiger partial charge in [-0.25, -0.2) is 0 Å². The molecule has 2 rings (SSSR count). The lowest BCUT2D eigenvalue weighted by molar-refractivity contribution is -0.0860. The summed E-state index contributed by atoms with van der Waals surface area (Å²) in [6, 6.07) is 7.25. The fourth-order valence-corrected chi connectivity index (χ4v) is 2.53. The molecule has 104 valence electrons. The molecule has 1 aliphatic rings. The Morgan fingerprint density at radius 2 is 2.05 bits per heavy atom. The van der Waals surface area contributed by atoms with Gasteiger partial charge in [-0.05, 0) is 25.5 Å². The van der Waals surface area contributed by atoms with Crippen LogP contribution in [-0.2, 0) is 0 Å². The van der Waals surface area contributed by atoms with Crippen LogP contribution in [0.25, 0.3) is 0 Å². The van der Waals surface area contributed by atoms with Crippen LogP contribution in [0.15, 0.2) is 24.3 Å². The largest absolute Gasteiger partial charge is 0.493 e. The Balaban J connectivity index is 2.06. The van der Waals surface area contributed by atoms with Crippen LogP contribution in [0.1, 0.15) is 37.0 Å². The lowest BCUT2D eigenvalue weighted by Gasteiger charge is -2.46. The van der Waals surface area contributed by atoms with Crippen molar-refractivity contribution in [2.24, 2.45) is 0 Å². The van der Waals surface area contributed by atoms with E-state index in [0.29, 0.717) is 31.0 Å². The number of hydrogen-bond acceptors (Lipinski definition) is 3. The summed E-state index contributed by atoms with van der Waals surface area (Å²) in [5.74, 6) is 0.547. The van der Waals surface area contributed by atoms with E-state index >= 15 is 0 Å². The normalized spacial score (nSPS) is 16.9.